The predicted octanol–water partition coefficient (Wildman–Crippen LogP) is 4.09. The highest BCUT2D eigenvalue weighted by Gasteiger charge is 2.30. The number of aromatic nitrogens is 2. The molecule has 1 aromatic carbocycles. The van der Waals surface area contributed by atoms with Crippen LogP contribution in [0.3, 0.4) is 0 Å². The molecule has 0 fully saturated rings. The van der Waals surface area contributed by atoms with Crippen LogP contribution in [0.15, 0.2) is 16.5 Å². The third-order valence-electron chi connectivity index (χ3n) is 3.73. The van der Waals surface area contributed by atoms with Gasteiger partial charge in [-0.3, -0.25) is 4.79 Å². The lowest BCUT2D eigenvalue weighted by Crippen LogP contribution is -2.45. The molecule has 0 unspecified atom stereocenters. The molecule has 0 spiro atoms. The van der Waals surface area contributed by atoms with Crippen LogP contribution in [-0.4, -0.2) is 26.5 Å². The third-order valence-corrected chi connectivity index (χ3v) is 4.04. The number of carbonyl (C=O) groups is 1. The molecule has 1 heterocycles. The van der Waals surface area contributed by atoms with Gasteiger partial charge in [-0.1, -0.05) is 11.6 Å². The summed E-state index contributed by atoms with van der Waals surface area (Å²) in [5.41, 5.74) is 2.16. The van der Waals surface area contributed by atoms with E-state index in [1.165, 1.54) is 0 Å². The van der Waals surface area contributed by atoms with Gasteiger partial charge in [-0.15, -0.1) is 10.2 Å². The summed E-state index contributed by atoms with van der Waals surface area (Å²) < 4.78 is 5.42. The number of aryl methyl sites for hydroxylation is 3. The second kappa shape index (κ2) is 6.32. The minimum absolute atomic E-state index is 0.151. The highest BCUT2D eigenvalue weighted by atomic mass is 35.5. The van der Waals surface area contributed by atoms with Gasteiger partial charge >= 0.3 is 0 Å². The fourth-order valence-electron chi connectivity index (χ4n) is 2.24. The Morgan fingerprint density at radius 3 is 2.30 bits per heavy atom. The molecular weight excluding hydrogens is 314 g/mol. The topological polar surface area (TPSA) is 59.2 Å². The lowest BCUT2D eigenvalue weighted by molar-refractivity contribution is 0.0532. The highest BCUT2D eigenvalue weighted by Crippen LogP contribution is 2.26. The number of carbonyl (C=O) groups excluding carboxylic acids is 1. The Labute approximate surface area is 141 Å². The van der Waals surface area contributed by atoms with Crippen molar-refractivity contribution in [3.05, 3.63) is 45.6 Å². The fourth-order valence-corrected chi connectivity index (χ4v) is 2.54. The average Bonchev–Trinajstić information content (AvgIpc) is 2.84. The van der Waals surface area contributed by atoms with Crippen LogP contribution in [-0.2, 0) is 6.54 Å². The van der Waals surface area contributed by atoms with Gasteiger partial charge in [0.25, 0.3) is 5.91 Å². The van der Waals surface area contributed by atoms with Crippen molar-refractivity contribution in [2.24, 2.45) is 0 Å². The molecule has 1 aromatic heterocycles. The molecule has 23 heavy (non-hydrogen) atoms. The van der Waals surface area contributed by atoms with Crippen molar-refractivity contribution in [2.45, 2.75) is 53.6 Å². The largest absolute Gasteiger partial charge is 0.424 e. The van der Waals surface area contributed by atoms with Crippen LogP contribution in [0, 0.1) is 20.8 Å². The first-order valence-electron chi connectivity index (χ1n) is 7.47. The van der Waals surface area contributed by atoms with E-state index in [1.807, 2.05) is 46.8 Å². The van der Waals surface area contributed by atoms with Crippen LogP contribution in [0.5, 0.6) is 0 Å². The lowest BCUT2D eigenvalue weighted by Gasteiger charge is -2.35. The van der Waals surface area contributed by atoms with Gasteiger partial charge in [0.2, 0.25) is 11.8 Å². The van der Waals surface area contributed by atoms with E-state index >= 15 is 0 Å². The number of amides is 1. The molecule has 0 bridgehead atoms. The Morgan fingerprint density at radius 2 is 1.78 bits per heavy atom. The Morgan fingerprint density at radius 1 is 1.17 bits per heavy atom. The predicted molar refractivity (Wildman–Crippen MR) is 89.6 cm³/mol. The second-order valence-corrected chi connectivity index (χ2v) is 7.10. The van der Waals surface area contributed by atoms with E-state index in [2.05, 4.69) is 10.2 Å². The van der Waals surface area contributed by atoms with E-state index in [0.717, 1.165) is 11.1 Å². The zero-order chi connectivity index (χ0) is 17.4. The van der Waals surface area contributed by atoms with Gasteiger partial charge in [0, 0.05) is 12.5 Å². The summed E-state index contributed by atoms with van der Waals surface area (Å²) in [5, 5.41) is 8.25. The summed E-state index contributed by atoms with van der Waals surface area (Å²) in [4.78, 5) is 14.7. The number of hydrogen-bond acceptors (Lipinski definition) is 4. The normalized spacial score (nSPS) is 11.6. The maximum absolute atomic E-state index is 13.0. The molecule has 1 amide bonds. The monoisotopic (exact) mass is 335 g/mol. The molecule has 0 aliphatic heterocycles. The summed E-state index contributed by atoms with van der Waals surface area (Å²) in [6.07, 6.45) is 0. The lowest BCUT2D eigenvalue weighted by atomic mass is 10.0. The van der Waals surface area contributed by atoms with E-state index in [9.17, 15) is 4.79 Å². The Bertz CT molecular complexity index is 732. The molecular formula is C17H22ClN3O2. The molecule has 0 saturated heterocycles. The van der Waals surface area contributed by atoms with Crippen LogP contribution < -0.4 is 0 Å². The minimum Gasteiger partial charge on any atom is -0.424 e. The quantitative estimate of drug-likeness (QED) is 0.847. The number of halogens is 1. The molecule has 0 N–H and O–H groups in total. The van der Waals surface area contributed by atoms with Crippen molar-refractivity contribution in [1.29, 1.82) is 0 Å². The Kier molecular flexibility index (Phi) is 4.80. The summed E-state index contributed by atoms with van der Waals surface area (Å²) in [6.45, 7) is 11.8. The molecule has 0 saturated carbocycles. The zero-order valence-electron chi connectivity index (χ0n) is 14.4. The fraction of sp³-hybridized carbons (Fsp3) is 0.471. The van der Waals surface area contributed by atoms with Crippen molar-refractivity contribution in [1.82, 2.24) is 15.1 Å². The summed E-state index contributed by atoms with van der Waals surface area (Å²) >= 11 is 6.30. The first-order chi connectivity index (χ1) is 10.6. The first-order valence-corrected chi connectivity index (χ1v) is 7.85. The van der Waals surface area contributed by atoms with Crippen LogP contribution in [0.25, 0.3) is 0 Å². The van der Waals surface area contributed by atoms with Gasteiger partial charge in [0.15, 0.2) is 0 Å². The van der Waals surface area contributed by atoms with Crippen LogP contribution in [0.1, 0.15) is 54.0 Å². The maximum Gasteiger partial charge on any atom is 0.256 e. The number of benzene rings is 1. The Balaban J connectivity index is 2.40. The molecule has 2 rings (SSSR count). The molecule has 0 aliphatic rings. The molecule has 0 atom stereocenters. The minimum atomic E-state index is -0.415. The first kappa shape index (κ1) is 17.5. The number of nitrogens with zero attached hydrogens (tertiary/aromatic N) is 3. The standard InChI is InChI=1S/C17H22ClN3O2/c1-10-7-13(14(18)8-11(10)2)16(22)21(17(4,5)6)9-15-20-19-12(3)23-15/h7-8H,9H2,1-6H3. The molecule has 0 aliphatic carbocycles. The van der Waals surface area contributed by atoms with E-state index in [0.29, 0.717) is 22.4 Å². The average molecular weight is 336 g/mol. The summed E-state index contributed by atoms with van der Waals surface area (Å²) in [5.74, 6) is 0.734. The number of hydrogen-bond donors (Lipinski definition) is 0. The SMILES string of the molecule is Cc1nnc(CN(C(=O)c2cc(C)c(C)cc2Cl)C(C)(C)C)o1. The van der Waals surface area contributed by atoms with E-state index in [4.69, 9.17) is 16.0 Å². The van der Waals surface area contributed by atoms with Gasteiger partial charge < -0.3 is 9.32 Å². The van der Waals surface area contributed by atoms with Crippen molar-refractivity contribution >= 4 is 17.5 Å². The number of rotatable bonds is 3. The molecule has 0 radical (unpaired) electrons. The second-order valence-electron chi connectivity index (χ2n) is 6.69. The Hall–Kier alpha value is -1.88. The van der Waals surface area contributed by atoms with Crippen LogP contribution in [0.4, 0.5) is 0 Å². The third kappa shape index (κ3) is 3.91. The van der Waals surface area contributed by atoms with E-state index in [1.54, 1.807) is 11.8 Å². The summed E-state index contributed by atoms with van der Waals surface area (Å²) in [7, 11) is 0. The van der Waals surface area contributed by atoms with E-state index < -0.39 is 5.54 Å². The molecule has 6 heteroatoms. The van der Waals surface area contributed by atoms with Gasteiger partial charge in [-0.2, -0.15) is 0 Å². The zero-order valence-corrected chi connectivity index (χ0v) is 15.2. The summed E-state index contributed by atoms with van der Waals surface area (Å²) in [6, 6.07) is 3.65. The van der Waals surface area contributed by atoms with Crippen molar-refractivity contribution in [3.63, 3.8) is 0 Å². The molecule has 5 nitrogen and oxygen atoms in total. The van der Waals surface area contributed by atoms with Gasteiger partial charge in [-0.25, -0.2) is 0 Å². The van der Waals surface area contributed by atoms with Crippen molar-refractivity contribution in [2.75, 3.05) is 0 Å². The van der Waals surface area contributed by atoms with Crippen LogP contribution in [0.2, 0.25) is 5.02 Å². The smallest absolute Gasteiger partial charge is 0.256 e. The van der Waals surface area contributed by atoms with Gasteiger partial charge in [-0.05, 0) is 57.9 Å². The van der Waals surface area contributed by atoms with Crippen LogP contribution >= 0.6 is 11.6 Å². The van der Waals surface area contributed by atoms with Crippen molar-refractivity contribution in [3.8, 4) is 0 Å². The molecule has 2 aromatic rings. The molecule has 124 valence electrons. The maximum atomic E-state index is 13.0. The van der Waals surface area contributed by atoms with E-state index in [-0.39, 0.29) is 12.5 Å². The van der Waals surface area contributed by atoms with Gasteiger partial charge in [0.05, 0.1) is 17.1 Å². The van der Waals surface area contributed by atoms with Gasteiger partial charge in [0.1, 0.15) is 0 Å². The highest BCUT2D eigenvalue weighted by molar-refractivity contribution is 6.34. The van der Waals surface area contributed by atoms with Crippen molar-refractivity contribution < 1.29 is 9.21 Å².